The summed E-state index contributed by atoms with van der Waals surface area (Å²) < 4.78 is 5.37. The fraction of sp³-hybridized carbons (Fsp3) is 0.600. The number of carbonyl (C=O) groups is 2. The van der Waals surface area contributed by atoms with Gasteiger partial charge in [0.15, 0.2) is 0 Å². The molecule has 1 saturated heterocycles. The minimum absolute atomic E-state index is 0.265. The number of carbonyl (C=O) groups excluding carboxylic acids is 1. The lowest BCUT2D eigenvalue weighted by atomic mass is 9.95. The summed E-state index contributed by atoms with van der Waals surface area (Å²) in [6.45, 7) is 6.88. The van der Waals surface area contributed by atoms with Crippen molar-refractivity contribution in [3.63, 3.8) is 0 Å². The molecule has 1 aliphatic heterocycles. The Balaban J connectivity index is 1.90. The van der Waals surface area contributed by atoms with Gasteiger partial charge in [-0.1, -0.05) is 0 Å². The van der Waals surface area contributed by atoms with E-state index in [1.54, 1.807) is 11.0 Å². The SMILES string of the molecule is CC(C)(C)OC(=O)N1CCC(c2ccc(C(=O)O)s2)CC1. The fourth-order valence-corrected chi connectivity index (χ4v) is 3.38. The van der Waals surface area contributed by atoms with E-state index in [1.807, 2.05) is 26.8 Å². The lowest BCUT2D eigenvalue weighted by Gasteiger charge is -2.33. The van der Waals surface area contributed by atoms with Gasteiger partial charge in [0.1, 0.15) is 10.5 Å². The zero-order valence-electron chi connectivity index (χ0n) is 12.6. The molecule has 2 rings (SSSR count). The van der Waals surface area contributed by atoms with Gasteiger partial charge in [0.25, 0.3) is 0 Å². The Labute approximate surface area is 128 Å². The maximum atomic E-state index is 12.0. The van der Waals surface area contributed by atoms with Crippen molar-refractivity contribution in [2.45, 2.75) is 45.1 Å². The summed E-state index contributed by atoms with van der Waals surface area (Å²) in [6, 6.07) is 3.55. The summed E-state index contributed by atoms with van der Waals surface area (Å²) >= 11 is 1.33. The van der Waals surface area contributed by atoms with E-state index in [0.717, 1.165) is 17.7 Å². The Bertz CT molecular complexity index is 524. The van der Waals surface area contributed by atoms with E-state index < -0.39 is 11.6 Å². The Morgan fingerprint density at radius 1 is 1.29 bits per heavy atom. The van der Waals surface area contributed by atoms with Gasteiger partial charge in [-0.3, -0.25) is 0 Å². The first-order valence-electron chi connectivity index (χ1n) is 7.07. The monoisotopic (exact) mass is 311 g/mol. The van der Waals surface area contributed by atoms with Crippen LogP contribution in [0.2, 0.25) is 0 Å². The van der Waals surface area contributed by atoms with Crippen molar-refractivity contribution in [3.8, 4) is 0 Å². The third-order valence-corrected chi connectivity index (χ3v) is 4.62. The first kappa shape index (κ1) is 15.8. The molecule has 116 valence electrons. The first-order chi connectivity index (χ1) is 9.76. The number of thiophene rings is 1. The van der Waals surface area contributed by atoms with Crippen LogP contribution in [0.4, 0.5) is 4.79 Å². The standard InChI is InChI=1S/C15H21NO4S/c1-15(2,3)20-14(19)16-8-6-10(7-9-16)11-4-5-12(21-11)13(17)18/h4-5,10H,6-9H2,1-3H3,(H,17,18). The van der Waals surface area contributed by atoms with E-state index in [4.69, 9.17) is 9.84 Å². The second-order valence-electron chi connectivity index (χ2n) is 6.25. The molecule has 0 spiro atoms. The summed E-state index contributed by atoms with van der Waals surface area (Å²) in [5.74, 6) is -0.542. The number of amides is 1. The van der Waals surface area contributed by atoms with Crippen LogP contribution in [0.3, 0.4) is 0 Å². The van der Waals surface area contributed by atoms with Crippen LogP contribution in [0.15, 0.2) is 12.1 Å². The van der Waals surface area contributed by atoms with Crippen molar-refractivity contribution in [2.75, 3.05) is 13.1 Å². The number of hydrogen-bond donors (Lipinski definition) is 1. The highest BCUT2D eigenvalue weighted by Gasteiger charge is 2.28. The Morgan fingerprint density at radius 3 is 2.38 bits per heavy atom. The molecule has 0 aliphatic carbocycles. The molecule has 1 N–H and O–H groups in total. The summed E-state index contributed by atoms with van der Waals surface area (Å²) in [4.78, 5) is 26.1. The smallest absolute Gasteiger partial charge is 0.410 e. The highest BCUT2D eigenvalue weighted by molar-refractivity contribution is 7.14. The normalized spacial score (nSPS) is 16.8. The van der Waals surface area contributed by atoms with Crippen LogP contribution >= 0.6 is 11.3 Å². The molecule has 0 unspecified atom stereocenters. The van der Waals surface area contributed by atoms with E-state index >= 15 is 0 Å². The first-order valence-corrected chi connectivity index (χ1v) is 7.89. The van der Waals surface area contributed by atoms with Gasteiger partial charge in [-0.05, 0) is 51.7 Å². The number of ether oxygens (including phenoxy) is 1. The van der Waals surface area contributed by atoms with Crippen LogP contribution in [0, 0.1) is 0 Å². The van der Waals surface area contributed by atoms with E-state index in [2.05, 4.69) is 0 Å². The predicted octanol–water partition coefficient (Wildman–Crippen LogP) is 3.56. The Morgan fingerprint density at radius 2 is 1.90 bits per heavy atom. The molecule has 1 amide bonds. The number of carboxylic acids is 1. The van der Waals surface area contributed by atoms with Crippen LogP contribution in [0.5, 0.6) is 0 Å². The maximum absolute atomic E-state index is 12.0. The fourth-order valence-electron chi connectivity index (χ4n) is 2.36. The summed E-state index contributed by atoms with van der Waals surface area (Å²) in [7, 11) is 0. The third-order valence-electron chi connectivity index (χ3n) is 3.39. The highest BCUT2D eigenvalue weighted by Crippen LogP contribution is 2.33. The molecule has 2 heterocycles. The van der Waals surface area contributed by atoms with Gasteiger partial charge >= 0.3 is 12.1 Å². The average molecular weight is 311 g/mol. The summed E-state index contributed by atoms with van der Waals surface area (Å²) in [5.41, 5.74) is -0.474. The maximum Gasteiger partial charge on any atom is 0.410 e. The number of nitrogens with zero attached hydrogens (tertiary/aromatic N) is 1. The molecular formula is C15H21NO4S. The molecule has 0 radical (unpaired) electrons. The topological polar surface area (TPSA) is 66.8 Å². The molecule has 0 atom stereocenters. The number of hydrogen-bond acceptors (Lipinski definition) is 4. The van der Waals surface area contributed by atoms with Gasteiger partial charge in [-0.25, -0.2) is 9.59 Å². The second-order valence-corrected chi connectivity index (χ2v) is 7.36. The molecule has 1 aromatic heterocycles. The van der Waals surface area contributed by atoms with Crippen molar-refractivity contribution in [1.82, 2.24) is 4.90 Å². The van der Waals surface area contributed by atoms with Crippen LogP contribution in [-0.4, -0.2) is 40.8 Å². The molecule has 21 heavy (non-hydrogen) atoms. The van der Waals surface area contributed by atoms with Crippen molar-refractivity contribution in [1.29, 1.82) is 0 Å². The lowest BCUT2D eigenvalue weighted by Crippen LogP contribution is -2.41. The molecule has 1 aromatic rings. The summed E-state index contributed by atoms with van der Waals surface area (Å²) in [6.07, 6.45) is 1.43. The van der Waals surface area contributed by atoms with Crippen molar-refractivity contribution in [2.24, 2.45) is 0 Å². The van der Waals surface area contributed by atoms with Crippen molar-refractivity contribution >= 4 is 23.4 Å². The number of piperidine rings is 1. The molecule has 5 nitrogen and oxygen atoms in total. The van der Waals surface area contributed by atoms with Crippen LogP contribution in [-0.2, 0) is 4.74 Å². The number of aromatic carboxylic acids is 1. The van der Waals surface area contributed by atoms with Gasteiger partial charge in [0.2, 0.25) is 0 Å². The van der Waals surface area contributed by atoms with Gasteiger partial charge < -0.3 is 14.7 Å². The van der Waals surface area contributed by atoms with Crippen LogP contribution < -0.4 is 0 Å². The molecular weight excluding hydrogens is 290 g/mol. The lowest BCUT2D eigenvalue weighted by molar-refractivity contribution is 0.0205. The van der Waals surface area contributed by atoms with Crippen molar-refractivity contribution < 1.29 is 19.4 Å². The molecule has 6 heteroatoms. The van der Waals surface area contributed by atoms with E-state index in [-0.39, 0.29) is 6.09 Å². The van der Waals surface area contributed by atoms with E-state index in [1.165, 1.54) is 11.3 Å². The summed E-state index contributed by atoms with van der Waals surface area (Å²) in [5, 5.41) is 8.96. The molecule has 1 aliphatic rings. The zero-order chi connectivity index (χ0) is 15.6. The zero-order valence-corrected chi connectivity index (χ0v) is 13.4. The van der Waals surface area contributed by atoms with Crippen LogP contribution in [0.1, 0.15) is 54.1 Å². The number of carboxylic acid groups (broad SMARTS) is 1. The Hall–Kier alpha value is -1.56. The largest absolute Gasteiger partial charge is 0.477 e. The molecule has 0 bridgehead atoms. The number of likely N-dealkylation sites (tertiary alicyclic amines) is 1. The minimum Gasteiger partial charge on any atom is -0.477 e. The molecule has 0 aromatic carbocycles. The molecule has 0 saturated carbocycles. The van der Waals surface area contributed by atoms with E-state index in [0.29, 0.717) is 23.9 Å². The number of rotatable bonds is 2. The van der Waals surface area contributed by atoms with Gasteiger partial charge in [0.05, 0.1) is 0 Å². The highest BCUT2D eigenvalue weighted by atomic mass is 32.1. The van der Waals surface area contributed by atoms with Crippen LogP contribution in [0.25, 0.3) is 0 Å². The average Bonchev–Trinajstić information content (AvgIpc) is 2.86. The Kier molecular flexibility index (Phi) is 4.56. The minimum atomic E-state index is -0.877. The van der Waals surface area contributed by atoms with Gasteiger partial charge in [0, 0.05) is 18.0 Å². The predicted molar refractivity (Wildman–Crippen MR) is 81.1 cm³/mol. The quantitative estimate of drug-likeness (QED) is 0.907. The van der Waals surface area contributed by atoms with Gasteiger partial charge in [-0.2, -0.15) is 0 Å². The molecule has 1 fully saturated rings. The van der Waals surface area contributed by atoms with Gasteiger partial charge in [-0.15, -0.1) is 11.3 Å². The van der Waals surface area contributed by atoms with E-state index in [9.17, 15) is 9.59 Å². The van der Waals surface area contributed by atoms with Crippen molar-refractivity contribution in [3.05, 3.63) is 21.9 Å². The second kappa shape index (κ2) is 6.05. The third kappa shape index (κ3) is 4.20.